The Hall–Kier alpha value is -2.64. The standard InChI is InChI=1S/C18H17ClN2O2/c1-3-10-23-17-9-6-15(11-18(17)22-2)13-21-20-12-14-4-7-16(19)8-5-14/h1,4-9,11,13,20H,10,12H2,2H3/b21-13-. The first-order chi connectivity index (χ1) is 11.2. The molecule has 0 radical (unpaired) electrons. The number of nitrogens with one attached hydrogen (secondary N) is 1. The van der Waals surface area contributed by atoms with Crippen molar-refractivity contribution in [2.45, 2.75) is 6.54 Å². The monoisotopic (exact) mass is 328 g/mol. The molecule has 0 aromatic heterocycles. The zero-order valence-corrected chi connectivity index (χ0v) is 13.5. The Morgan fingerprint density at radius 2 is 2.00 bits per heavy atom. The van der Waals surface area contributed by atoms with Crippen molar-refractivity contribution in [3.05, 3.63) is 58.6 Å². The highest BCUT2D eigenvalue weighted by atomic mass is 35.5. The molecule has 5 heteroatoms. The molecule has 0 spiro atoms. The van der Waals surface area contributed by atoms with E-state index in [9.17, 15) is 0 Å². The van der Waals surface area contributed by atoms with Gasteiger partial charge in [0.15, 0.2) is 11.5 Å². The molecule has 4 nitrogen and oxygen atoms in total. The number of hydrogen-bond donors (Lipinski definition) is 1. The molecule has 0 saturated heterocycles. The zero-order chi connectivity index (χ0) is 16.5. The maximum absolute atomic E-state index is 5.84. The number of ether oxygens (including phenoxy) is 2. The quantitative estimate of drug-likeness (QED) is 0.480. The second-order valence-corrected chi connectivity index (χ2v) is 5.06. The van der Waals surface area contributed by atoms with Crippen molar-refractivity contribution in [2.24, 2.45) is 5.10 Å². The molecular weight excluding hydrogens is 312 g/mol. The van der Waals surface area contributed by atoms with Crippen LogP contribution in [0.25, 0.3) is 0 Å². The molecule has 0 heterocycles. The Bertz CT molecular complexity index is 706. The number of hydrogen-bond acceptors (Lipinski definition) is 4. The minimum Gasteiger partial charge on any atom is -0.493 e. The van der Waals surface area contributed by atoms with Crippen molar-refractivity contribution in [1.29, 1.82) is 0 Å². The minimum absolute atomic E-state index is 0.201. The average molecular weight is 329 g/mol. The molecular formula is C18H17ClN2O2. The molecule has 0 unspecified atom stereocenters. The van der Waals surface area contributed by atoms with Crippen LogP contribution in [-0.2, 0) is 6.54 Å². The largest absolute Gasteiger partial charge is 0.493 e. The third kappa shape index (κ3) is 5.24. The summed E-state index contributed by atoms with van der Waals surface area (Å²) in [5.74, 6) is 3.64. The summed E-state index contributed by atoms with van der Waals surface area (Å²) in [6.07, 6.45) is 6.89. The lowest BCUT2D eigenvalue weighted by atomic mass is 10.2. The van der Waals surface area contributed by atoms with Crippen molar-refractivity contribution in [1.82, 2.24) is 5.43 Å². The maximum Gasteiger partial charge on any atom is 0.162 e. The number of hydrazone groups is 1. The van der Waals surface area contributed by atoms with Gasteiger partial charge in [0.1, 0.15) is 6.61 Å². The lowest BCUT2D eigenvalue weighted by Crippen LogP contribution is -2.05. The van der Waals surface area contributed by atoms with E-state index in [1.807, 2.05) is 36.4 Å². The van der Waals surface area contributed by atoms with Gasteiger partial charge in [-0.2, -0.15) is 5.10 Å². The van der Waals surface area contributed by atoms with Gasteiger partial charge in [0.2, 0.25) is 0 Å². The van der Waals surface area contributed by atoms with E-state index in [-0.39, 0.29) is 6.61 Å². The van der Waals surface area contributed by atoms with Gasteiger partial charge in [-0.25, -0.2) is 0 Å². The van der Waals surface area contributed by atoms with Gasteiger partial charge in [-0.15, -0.1) is 6.42 Å². The second kappa shape index (κ2) is 8.72. The van der Waals surface area contributed by atoms with E-state index in [1.54, 1.807) is 19.4 Å². The molecule has 1 N–H and O–H groups in total. The van der Waals surface area contributed by atoms with E-state index in [1.165, 1.54) is 0 Å². The third-order valence-electron chi connectivity index (χ3n) is 3.00. The lowest BCUT2D eigenvalue weighted by Gasteiger charge is -2.09. The molecule has 118 valence electrons. The second-order valence-electron chi connectivity index (χ2n) is 4.62. The SMILES string of the molecule is C#CCOc1ccc(/C=N\NCc2ccc(Cl)cc2)cc1OC. The maximum atomic E-state index is 5.84. The summed E-state index contributed by atoms with van der Waals surface area (Å²) in [5.41, 5.74) is 4.97. The first-order valence-corrected chi connectivity index (χ1v) is 7.35. The van der Waals surface area contributed by atoms with Gasteiger partial charge in [0, 0.05) is 5.02 Å². The van der Waals surface area contributed by atoms with Gasteiger partial charge >= 0.3 is 0 Å². The van der Waals surface area contributed by atoms with Gasteiger partial charge in [0.05, 0.1) is 19.9 Å². The van der Waals surface area contributed by atoms with Crippen LogP contribution in [0.3, 0.4) is 0 Å². The molecule has 2 rings (SSSR count). The topological polar surface area (TPSA) is 42.8 Å². The van der Waals surface area contributed by atoms with E-state index >= 15 is 0 Å². The summed E-state index contributed by atoms with van der Waals surface area (Å²) >= 11 is 5.84. The normalized spacial score (nSPS) is 10.3. The fourth-order valence-electron chi connectivity index (χ4n) is 1.86. The molecule has 2 aromatic rings. The molecule has 0 bridgehead atoms. The number of rotatable bonds is 7. The Morgan fingerprint density at radius 3 is 2.70 bits per heavy atom. The highest BCUT2D eigenvalue weighted by Crippen LogP contribution is 2.27. The van der Waals surface area contributed by atoms with Gasteiger partial charge in [-0.1, -0.05) is 29.7 Å². The predicted molar refractivity (Wildman–Crippen MR) is 93.2 cm³/mol. The van der Waals surface area contributed by atoms with Crippen LogP contribution >= 0.6 is 11.6 Å². The van der Waals surface area contributed by atoms with E-state index in [0.717, 1.165) is 16.1 Å². The summed E-state index contributed by atoms with van der Waals surface area (Å²) in [6, 6.07) is 13.1. The van der Waals surface area contributed by atoms with Crippen molar-refractivity contribution in [3.63, 3.8) is 0 Å². The highest BCUT2D eigenvalue weighted by molar-refractivity contribution is 6.30. The first-order valence-electron chi connectivity index (χ1n) is 6.97. The van der Waals surface area contributed by atoms with E-state index in [0.29, 0.717) is 18.0 Å². The van der Waals surface area contributed by atoms with Crippen molar-refractivity contribution >= 4 is 17.8 Å². The van der Waals surface area contributed by atoms with E-state index in [4.69, 9.17) is 27.5 Å². The zero-order valence-electron chi connectivity index (χ0n) is 12.8. The van der Waals surface area contributed by atoms with Crippen LogP contribution in [0, 0.1) is 12.3 Å². The van der Waals surface area contributed by atoms with Crippen LogP contribution in [0.1, 0.15) is 11.1 Å². The smallest absolute Gasteiger partial charge is 0.162 e. The van der Waals surface area contributed by atoms with Crippen LogP contribution in [0.5, 0.6) is 11.5 Å². The average Bonchev–Trinajstić information content (AvgIpc) is 2.58. The van der Waals surface area contributed by atoms with Crippen LogP contribution in [0.4, 0.5) is 0 Å². The van der Waals surface area contributed by atoms with Gasteiger partial charge in [-0.05, 0) is 41.5 Å². The first kappa shape index (κ1) is 16.7. The van der Waals surface area contributed by atoms with Crippen LogP contribution < -0.4 is 14.9 Å². The third-order valence-corrected chi connectivity index (χ3v) is 3.25. The highest BCUT2D eigenvalue weighted by Gasteiger charge is 2.04. The van der Waals surface area contributed by atoms with Gasteiger partial charge < -0.3 is 14.9 Å². The lowest BCUT2D eigenvalue weighted by molar-refractivity contribution is 0.331. The molecule has 0 saturated carbocycles. The fraction of sp³-hybridized carbons (Fsp3) is 0.167. The van der Waals surface area contributed by atoms with Crippen molar-refractivity contribution in [3.8, 4) is 23.8 Å². The summed E-state index contributed by atoms with van der Waals surface area (Å²) in [5, 5.41) is 4.91. The number of benzene rings is 2. The van der Waals surface area contributed by atoms with Crippen molar-refractivity contribution in [2.75, 3.05) is 13.7 Å². The predicted octanol–water partition coefficient (Wildman–Crippen LogP) is 3.48. The fourth-order valence-corrected chi connectivity index (χ4v) is 1.99. The van der Waals surface area contributed by atoms with Gasteiger partial charge in [0.25, 0.3) is 0 Å². The summed E-state index contributed by atoms with van der Waals surface area (Å²) in [4.78, 5) is 0. The molecule has 0 atom stereocenters. The molecule has 0 fully saturated rings. The Morgan fingerprint density at radius 1 is 1.22 bits per heavy atom. The Balaban J connectivity index is 1.94. The number of terminal acetylenes is 1. The Labute approximate surface area is 141 Å². The number of methoxy groups -OCH3 is 1. The van der Waals surface area contributed by atoms with Crippen LogP contribution in [0.2, 0.25) is 5.02 Å². The summed E-state index contributed by atoms with van der Waals surface area (Å²) in [6.45, 7) is 0.820. The van der Waals surface area contributed by atoms with E-state index in [2.05, 4.69) is 16.4 Å². The molecule has 0 aliphatic heterocycles. The van der Waals surface area contributed by atoms with Crippen molar-refractivity contribution < 1.29 is 9.47 Å². The molecule has 23 heavy (non-hydrogen) atoms. The molecule has 0 aliphatic rings. The van der Waals surface area contributed by atoms with Gasteiger partial charge in [-0.3, -0.25) is 0 Å². The van der Waals surface area contributed by atoms with Crippen LogP contribution in [-0.4, -0.2) is 19.9 Å². The summed E-state index contributed by atoms with van der Waals surface area (Å²) < 4.78 is 10.7. The number of nitrogens with zero attached hydrogens (tertiary/aromatic N) is 1. The number of halogens is 1. The summed E-state index contributed by atoms with van der Waals surface area (Å²) in [7, 11) is 1.58. The minimum atomic E-state index is 0.201. The van der Waals surface area contributed by atoms with Crippen LogP contribution in [0.15, 0.2) is 47.6 Å². The van der Waals surface area contributed by atoms with E-state index < -0.39 is 0 Å². The Kier molecular flexibility index (Phi) is 6.34. The molecule has 0 aliphatic carbocycles. The molecule has 0 amide bonds. The molecule has 2 aromatic carbocycles.